The summed E-state index contributed by atoms with van der Waals surface area (Å²) in [4.78, 5) is 11.9. The van der Waals surface area contributed by atoms with Crippen LogP contribution in [0.4, 0.5) is 5.69 Å². The summed E-state index contributed by atoms with van der Waals surface area (Å²) in [7, 11) is 1.60. The van der Waals surface area contributed by atoms with E-state index in [-0.39, 0.29) is 12.5 Å². The van der Waals surface area contributed by atoms with E-state index in [0.717, 1.165) is 27.8 Å². The largest absolute Gasteiger partial charge is 0.497 e. The quantitative estimate of drug-likeness (QED) is 0.537. The molecule has 0 atom stereocenters. The minimum Gasteiger partial charge on any atom is -0.497 e. The van der Waals surface area contributed by atoms with Crippen molar-refractivity contribution in [1.82, 2.24) is 5.43 Å². The SMILES string of the molecule is COc1cccc(NCC(=O)N/N=C\c2cccc3ccccc23)c1. The van der Waals surface area contributed by atoms with Gasteiger partial charge in [-0.3, -0.25) is 4.79 Å². The van der Waals surface area contributed by atoms with Crippen molar-refractivity contribution in [3.63, 3.8) is 0 Å². The predicted octanol–water partition coefficient (Wildman–Crippen LogP) is 3.41. The van der Waals surface area contributed by atoms with Crippen molar-refractivity contribution in [3.05, 3.63) is 72.3 Å². The van der Waals surface area contributed by atoms with Gasteiger partial charge in [-0.2, -0.15) is 5.10 Å². The van der Waals surface area contributed by atoms with Crippen LogP contribution in [0, 0.1) is 0 Å². The van der Waals surface area contributed by atoms with Gasteiger partial charge < -0.3 is 10.1 Å². The highest BCUT2D eigenvalue weighted by Gasteiger charge is 2.01. The van der Waals surface area contributed by atoms with E-state index in [2.05, 4.69) is 15.8 Å². The first-order valence-corrected chi connectivity index (χ1v) is 7.94. The maximum Gasteiger partial charge on any atom is 0.259 e. The minimum atomic E-state index is -0.223. The molecule has 126 valence electrons. The van der Waals surface area contributed by atoms with Crippen LogP contribution >= 0.6 is 0 Å². The number of benzene rings is 3. The Morgan fingerprint density at radius 1 is 1.08 bits per heavy atom. The molecule has 1 amide bonds. The van der Waals surface area contributed by atoms with Crippen LogP contribution in [0.1, 0.15) is 5.56 Å². The third-order valence-electron chi connectivity index (χ3n) is 3.74. The number of carbonyl (C=O) groups is 1. The van der Waals surface area contributed by atoms with Crippen molar-refractivity contribution in [1.29, 1.82) is 0 Å². The van der Waals surface area contributed by atoms with E-state index in [1.165, 1.54) is 0 Å². The van der Waals surface area contributed by atoms with Gasteiger partial charge in [-0.05, 0) is 22.9 Å². The van der Waals surface area contributed by atoms with E-state index >= 15 is 0 Å². The van der Waals surface area contributed by atoms with Crippen LogP contribution in [0.3, 0.4) is 0 Å². The van der Waals surface area contributed by atoms with Gasteiger partial charge in [0.2, 0.25) is 0 Å². The molecule has 0 saturated heterocycles. The third-order valence-corrected chi connectivity index (χ3v) is 3.74. The van der Waals surface area contributed by atoms with Gasteiger partial charge in [-0.25, -0.2) is 5.43 Å². The second-order valence-electron chi connectivity index (χ2n) is 5.45. The molecule has 25 heavy (non-hydrogen) atoms. The molecule has 0 aromatic heterocycles. The van der Waals surface area contributed by atoms with Gasteiger partial charge >= 0.3 is 0 Å². The van der Waals surface area contributed by atoms with Crippen LogP contribution in [0.2, 0.25) is 0 Å². The monoisotopic (exact) mass is 333 g/mol. The lowest BCUT2D eigenvalue weighted by molar-refractivity contribution is -0.119. The standard InChI is InChI=1S/C20H19N3O2/c1-25-18-10-5-9-17(12-18)21-14-20(24)23-22-13-16-8-4-7-15-6-2-3-11-19(15)16/h2-13,21H,14H2,1H3,(H,23,24)/b22-13-. The van der Waals surface area contributed by atoms with E-state index in [1.807, 2.05) is 66.7 Å². The number of ether oxygens (including phenoxy) is 1. The molecule has 3 aromatic carbocycles. The molecule has 0 aliphatic heterocycles. The molecule has 0 fully saturated rings. The van der Waals surface area contributed by atoms with Crippen molar-refractivity contribution < 1.29 is 9.53 Å². The summed E-state index contributed by atoms with van der Waals surface area (Å²) in [6.07, 6.45) is 1.66. The molecule has 0 bridgehead atoms. The second kappa shape index (κ2) is 7.97. The normalized spacial score (nSPS) is 10.8. The summed E-state index contributed by atoms with van der Waals surface area (Å²) in [6.45, 7) is 0.125. The Kier molecular flexibility index (Phi) is 5.26. The zero-order valence-electron chi connectivity index (χ0n) is 13.9. The predicted molar refractivity (Wildman–Crippen MR) is 101 cm³/mol. The minimum absolute atomic E-state index is 0.125. The highest BCUT2D eigenvalue weighted by molar-refractivity contribution is 6.00. The van der Waals surface area contributed by atoms with E-state index < -0.39 is 0 Å². The van der Waals surface area contributed by atoms with Crippen LogP contribution < -0.4 is 15.5 Å². The lowest BCUT2D eigenvalue weighted by Crippen LogP contribution is -2.25. The summed E-state index contributed by atoms with van der Waals surface area (Å²) in [5.74, 6) is 0.513. The van der Waals surface area contributed by atoms with Crippen molar-refractivity contribution in [3.8, 4) is 5.75 Å². The summed E-state index contributed by atoms with van der Waals surface area (Å²) in [5.41, 5.74) is 4.30. The second-order valence-corrected chi connectivity index (χ2v) is 5.45. The summed E-state index contributed by atoms with van der Waals surface area (Å²) in [5, 5.41) is 9.31. The van der Waals surface area contributed by atoms with Crippen LogP contribution in [-0.4, -0.2) is 25.8 Å². The Bertz CT molecular complexity index is 901. The van der Waals surface area contributed by atoms with E-state index in [0.29, 0.717) is 0 Å². The molecule has 2 N–H and O–H groups in total. The van der Waals surface area contributed by atoms with Gasteiger partial charge in [0, 0.05) is 17.3 Å². The number of methoxy groups -OCH3 is 1. The van der Waals surface area contributed by atoms with Gasteiger partial charge in [0.05, 0.1) is 19.9 Å². The molecule has 5 heteroatoms. The number of rotatable bonds is 6. The van der Waals surface area contributed by atoms with Crippen LogP contribution in [-0.2, 0) is 4.79 Å². The Balaban J connectivity index is 1.57. The van der Waals surface area contributed by atoms with Gasteiger partial charge in [0.15, 0.2) is 0 Å². The number of fused-ring (bicyclic) bond motifs is 1. The molecule has 3 rings (SSSR count). The van der Waals surface area contributed by atoms with Crippen LogP contribution in [0.15, 0.2) is 71.8 Å². The number of anilines is 1. The lowest BCUT2D eigenvalue weighted by atomic mass is 10.1. The highest BCUT2D eigenvalue weighted by atomic mass is 16.5. The Morgan fingerprint density at radius 3 is 2.76 bits per heavy atom. The Hall–Kier alpha value is -3.34. The fourth-order valence-corrected chi connectivity index (χ4v) is 2.49. The number of amides is 1. The van der Waals surface area contributed by atoms with Crippen LogP contribution in [0.5, 0.6) is 5.75 Å². The number of hydrogen-bond donors (Lipinski definition) is 2. The molecule has 5 nitrogen and oxygen atoms in total. The number of nitrogens with zero attached hydrogens (tertiary/aromatic N) is 1. The molecular formula is C20H19N3O2. The molecule has 0 radical (unpaired) electrons. The summed E-state index contributed by atoms with van der Waals surface area (Å²) < 4.78 is 5.15. The molecule has 0 aliphatic rings. The maximum atomic E-state index is 11.9. The molecule has 0 saturated carbocycles. The fraction of sp³-hybridized carbons (Fsp3) is 0.100. The van der Waals surface area contributed by atoms with Crippen molar-refractivity contribution >= 4 is 28.6 Å². The molecule has 0 unspecified atom stereocenters. The first kappa shape index (κ1) is 16.5. The number of carbonyl (C=O) groups excluding carboxylic acids is 1. The molecule has 0 spiro atoms. The Labute approximate surface area is 146 Å². The van der Waals surface area contributed by atoms with Gasteiger partial charge in [0.25, 0.3) is 5.91 Å². The first-order valence-electron chi connectivity index (χ1n) is 7.94. The van der Waals surface area contributed by atoms with E-state index in [9.17, 15) is 4.79 Å². The van der Waals surface area contributed by atoms with E-state index in [4.69, 9.17) is 4.74 Å². The number of hydrazone groups is 1. The maximum absolute atomic E-state index is 11.9. The smallest absolute Gasteiger partial charge is 0.259 e. The molecular weight excluding hydrogens is 314 g/mol. The topological polar surface area (TPSA) is 62.7 Å². The molecule has 3 aromatic rings. The first-order chi connectivity index (χ1) is 12.3. The summed E-state index contributed by atoms with van der Waals surface area (Å²) >= 11 is 0. The van der Waals surface area contributed by atoms with Crippen LogP contribution in [0.25, 0.3) is 10.8 Å². The molecule has 0 aliphatic carbocycles. The fourth-order valence-electron chi connectivity index (χ4n) is 2.49. The van der Waals surface area contributed by atoms with Gasteiger partial charge in [0.1, 0.15) is 5.75 Å². The highest BCUT2D eigenvalue weighted by Crippen LogP contribution is 2.17. The van der Waals surface area contributed by atoms with Gasteiger partial charge in [-0.15, -0.1) is 0 Å². The van der Waals surface area contributed by atoms with E-state index in [1.54, 1.807) is 13.3 Å². The zero-order chi connectivity index (χ0) is 17.5. The van der Waals surface area contributed by atoms with Crippen molar-refractivity contribution in [2.75, 3.05) is 19.0 Å². The zero-order valence-corrected chi connectivity index (χ0v) is 13.9. The number of nitrogens with one attached hydrogen (secondary N) is 2. The Morgan fingerprint density at radius 2 is 1.88 bits per heavy atom. The van der Waals surface area contributed by atoms with Crippen molar-refractivity contribution in [2.24, 2.45) is 5.10 Å². The number of hydrogen-bond acceptors (Lipinski definition) is 4. The lowest BCUT2D eigenvalue weighted by Gasteiger charge is -2.07. The average Bonchev–Trinajstić information content (AvgIpc) is 2.67. The van der Waals surface area contributed by atoms with Gasteiger partial charge in [-0.1, -0.05) is 48.5 Å². The van der Waals surface area contributed by atoms with Crippen molar-refractivity contribution in [2.45, 2.75) is 0 Å². The third kappa shape index (κ3) is 4.35. The summed E-state index contributed by atoms with van der Waals surface area (Å²) in [6, 6.07) is 21.4. The average molecular weight is 333 g/mol. The molecule has 0 heterocycles.